The molecule has 0 saturated carbocycles. The standard InChI is InChI=1S/C23H27N3O3/c1-3-25-20-15-16(22(27)24-17-9-11-18(12-10-17)29-4-2)8-13-19(20)23(28)26-14-6-5-7-21(25)26/h8-13,15,21H,3-7,14H2,1-2H3,(H,24,27). The number of nitrogens with one attached hydrogen (secondary N) is 1. The normalized spacial score (nSPS) is 18.1. The molecule has 29 heavy (non-hydrogen) atoms. The highest BCUT2D eigenvalue weighted by Gasteiger charge is 2.38. The number of hydrogen-bond donors (Lipinski definition) is 1. The van der Waals surface area contributed by atoms with E-state index in [0.717, 1.165) is 43.8 Å². The minimum Gasteiger partial charge on any atom is -0.494 e. The fraction of sp³-hybridized carbons (Fsp3) is 0.391. The number of rotatable bonds is 5. The monoisotopic (exact) mass is 393 g/mol. The van der Waals surface area contributed by atoms with E-state index in [-0.39, 0.29) is 18.0 Å². The maximum Gasteiger partial charge on any atom is 0.257 e. The first-order valence-corrected chi connectivity index (χ1v) is 10.4. The quantitative estimate of drug-likeness (QED) is 0.830. The maximum absolute atomic E-state index is 13.0. The lowest BCUT2D eigenvalue weighted by Gasteiger charge is -2.47. The van der Waals surface area contributed by atoms with Gasteiger partial charge in [-0.1, -0.05) is 0 Å². The summed E-state index contributed by atoms with van der Waals surface area (Å²) in [6.07, 6.45) is 3.25. The zero-order chi connectivity index (χ0) is 20.4. The number of nitrogens with zero attached hydrogens (tertiary/aromatic N) is 2. The summed E-state index contributed by atoms with van der Waals surface area (Å²) in [6.45, 7) is 6.23. The van der Waals surface area contributed by atoms with Crippen LogP contribution in [0.2, 0.25) is 0 Å². The fourth-order valence-electron chi connectivity index (χ4n) is 4.27. The van der Waals surface area contributed by atoms with E-state index in [1.807, 2.05) is 42.2 Å². The molecule has 6 nitrogen and oxygen atoms in total. The Morgan fingerprint density at radius 3 is 2.66 bits per heavy atom. The van der Waals surface area contributed by atoms with Gasteiger partial charge < -0.3 is 19.9 Å². The van der Waals surface area contributed by atoms with Crippen molar-refractivity contribution in [2.75, 3.05) is 29.9 Å². The van der Waals surface area contributed by atoms with Crippen LogP contribution in [-0.2, 0) is 0 Å². The second-order valence-electron chi connectivity index (χ2n) is 7.40. The topological polar surface area (TPSA) is 61.9 Å². The molecule has 0 radical (unpaired) electrons. The summed E-state index contributed by atoms with van der Waals surface area (Å²) in [5, 5.41) is 2.93. The Morgan fingerprint density at radius 2 is 1.93 bits per heavy atom. The first-order valence-electron chi connectivity index (χ1n) is 10.4. The first-order chi connectivity index (χ1) is 14.1. The largest absolute Gasteiger partial charge is 0.494 e. The van der Waals surface area contributed by atoms with Crippen LogP contribution >= 0.6 is 0 Å². The molecule has 1 saturated heterocycles. The lowest BCUT2D eigenvalue weighted by molar-refractivity contribution is 0.0582. The minimum atomic E-state index is -0.188. The molecule has 1 fully saturated rings. The van der Waals surface area contributed by atoms with Crippen LogP contribution < -0.4 is 15.0 Å². The molecule has 2 aromatic carbocycles. The molecule has 4 rings (SSSR count). The van der Waals surface area contributed by atoms with Crippen LogP contribution in [0.15, 0.2) is 42.5 Å². The number of anilines is 2. The number of carbonyl (C=O) groups excluding carboxylic acids is 2. The first kappa shape index (κ1) is 19.3. The van der Waals surface area contributed by atoms with Crippen LogP contribution in [0, 0.1) is 0 Å². The predicted octanol–water partition coefficient (Wildman–Crippen LogP) is 4.13. The lowest BCUT2D eigenvalue weighted by atomic mass is 9.97. The molecule has 1 atom stereocenters. The Morgan fingerprint density at radius 1 is 1.14 bits per heavy atom. The Hall–Kier alpha value is -3.02. The summed E-state index contributed by atoms with van der Waals surface area (Å²) in [6, 6.07) is 12.7. The van der Waals surface area contributed by atoms with Gasteiger partial charge in [-0.2, -0.15) is 0 Å². The van der Waals surface area contributed by atoms with Gasteiger partial charge in [0, 0.05) is 24.3 Å². The summed E-state index contributed by atoms with van der Waals surface area (Å²) in [4.78, 5) is 30.0. The third-order valence-corrected chi connectivity index (χ3v) is 5.66. The lowest BCUT2D eigenvalue weighted by Crippen LogP contribution is -2.57. The van der Waals surface area contributed by atoms with Gasteiger partial charge >= 0.3 is 0 Å². The SMILES string of the molecule is CCOc1ccc(NC(=O)c2ccc3c(c2)N(CC)C2CCCCN2C3=O)cc1. The van der Waals surface area contributed by atoms with Crippen LogP contribution in [0.1, 0.15) is 53.8 Å². The fourth-order valence-corrected chi connectivity index (χ4v) is 4.27. The number of fused-ring (bicyclic) bond motifs is 2. The van der Waals surface area contributed by atoms with Crippen molar-refractivity contribution in [2.45, 2.75) is 39.3 Å². The van der Waals surface area contributed by atoms with E-state index >= 15 is 0 Å². The molecule has 0 spiro atoms. The number of carbonyl (C=O) groups is 2. The van der Waals surface area contributed by atoms with Gasteiger partial charge in [-0.05, 0) is 75.6 Å². The smallest absolute Gasteiger partial charge is 0.257 e. The predicted molar refractivity (Wildman–Crippen MR) is 114 cm³/mol. The highest BCUT2D eigenvalue weighted by molar-refractivity contribution is 6.08. The molecule has 0 aliphatic carbocycles. The van der Waals surface area contributed by atoms with E-state index < -0.39 is 0 Å². The Bertz CT molecular complexity index is 910. The van der Waals surface area contributed by atoms with Crippen molar-refractivity contribution in [1.82, 2.24) is 4.90 Å². The molecule has 2 amide bonds. The molecular weight excluding hydrogens is 366 g/mol. The van der Waals surface area contributed by atoms with Gasteiger partial charge in [0.25, 0.3) is 11.8 Å². The number of piperidine rings is 1. The zero-order valence-electron chi connectivity index (χ0n) is 17.0. The van der Waals surface area contributed by atoms with E-state index in [9.17, 15) is 9.59 Å². The molecule has 1 unspecified atom stereocenters. The van der Waals surface area contributed by atoms with E-state index in [2.05, 4.69) is 17.1 Å². The average Bonchev–Trinajstić information content (AvgIpc) is 2.75. The molecule has 2 heterocycles. The molecule has 2 aromatic rings. The number of hydrogen-bond acceptors (Lipinski definition) is 4. The van der Waals surface area contributed by atoms with Crippen LogP contribution in [0.25, 0.3) is 0 Å². The molecule has 0 aromatic heterocycles. The van der Waals surface area contributed by atoms with Gasteiger partial charge in [0.2, 0.25) is 0 Å². The third-order valence-electron chi connectivity index (χ3n) is 5.66. The highest BCUT2D eigenvalue weighted by Crippen LogP contribution is 2.35. The van der Waals surface area contributed by atoms with Crippen molar-refractivity contribution in [3.63, 3.8) is 0 Å². The van der Waals surface area contributed by atoms with E-state index in [4.69, 9.17) is 4.74 Å². The summed E-state index contributed by atoms with van der Waals surface area (Å²) in [5.74, 6) is 0.660. The summed E-state index contributed by atoms with van der Waals surface area (Å²) in [5.41, 5.74) is 2.80. The van der Waals surface area contributed by atoms with Crippen molar-refractivity contribution in [3.05, 3.63) is 53.6 Å². The van der Waals surface area contributed by atoms with Crippen molar-refractivity contribution in [1.29, 1.82) is 0 Å². The Kier molecular flexibility index (Phi) is 5.43. The van der Waals surface area contributed by atoms with Crippen molar-refractivity contribution in [2.24, 2.45) is 0 Å². The van der Waals surface area contributed by atoms with Crippen molar-refractivity contribution in [3.8, 4) is 5.75 Å². The molecule has 6 heteroatoms. The van der Waals surface area contributed by atoms with Crippen molar-refractivity contribution >= 4 is 23.2 Å². The molecule has 0 bridgehead atoms. The van der Waals surface area contributed by atoms with Gasteiger partial charge in [0.05, 0.1) is 17.9 Å². The van der Waals surface area contributed by atoms with Crippen LogP contribution in [0.4, 0.5) is 11.4 Å². The van der Waals surface area contributed by atoms with Crippen LogP contribution in [-0.4, -0.2) is 42.6 Å². The second-order valence-corrected chi connectivity index (χ2v) is 7.40. The molecule has 152 valence electrons. The number of amides is 2. The van der Waals surface area contributed by atoms with Gasteiger partial charge in [0.15, 0.2) is 0 Å². The van der Waals surface area contributed by atoms with Gasteiger partial charge in [-0.3, -0.25) is 9.59 Å². The van der Waals surface area contributed by atoms with Gasteiger partial charge in [-0.15, -0.1) is 0 Å². The van der Waals surface area contributed by atoms with Gasteiger partial charge in [0.1, 0.15) is 11.9 Å². The van der Waals surface area contributed by atoms with E-state index in [1.54, 1.807) is 12.1 Å². The third kappa shape index (κ3) is 3.67. The summed E-state index contributed by atoms with van der Waals surface area (Å²) < 4.78 is 5.44. The van der Waals surface area contributed by atoms with Crippen LogP contribution in [0.3, 0.4) is 0 Å². The molecular formula is C23H27N3O3. The van der Waals surface area contributed by atoms with E-state index in [0.29, 0.717) is 23.4 Å². The Balaban J connectivity index is 1.58. The maximum atomic E-state index is 13.0. The zero-order valence-corrected chi connectivity index (χ0v) is 17.0. The minimum absolute atomic E-state index is 0.0767. The molecule has 2 aliphatic rings. The number of benzene rings is 2. The summed E-state index contributed by atoms with van der Waals surface area (Å²) >= 11 is 0. The second kappa shape index (κ2) is 8.15. The highest BCUT2D eigenvalue weighted by atomic mass is 16.5. The van der Waals surface area contributed by atoms with Crippen molar-refractivity contribution < 1.29 is 14.3 Å². The summed E-state index contributed by atoms with van der Waals surface area (Å²) in [7, 11) is 0. The number of ether oxygens (including phenoxy) is 1. The Labute approximate surface area is 171 Å². The van der Waals surface area contributed by atoms with Crippen LogP contribution in [0.5, 0.6) is 5.75 Å². The van der Waals surface area contributed by atoms with Gasteiger partial charge in [-0.25, -0.2) is 0 Å². The molecule has 2 aliphatic heterocycles. The average molecular weight is 393 g/mol. The van der Waals surface area contributed by atoms with E-state index in [1.165, 1.54) is 0 Å². The molecule has 1 N–H and O–H groups in total.